The van der Waals surface area contributed by atoms with Gasteiger partial charge in [-0.05, 0) is 57.6 Å². The standard InChI is InChI=1S/C9H14N2S2/c1-8(2,12-6-10)5-9(3,4)13-7-11/h5H2,1-4H3. The third-order valence-electron chi connectivity index (χ3n) is 1.50. The van der Waals surface area contributed by atoms with Crippen molar-refractivity contribution in [3.8, 4) is 10.8 Å². The first-order valence-electron chi connectivity index (χ1n) is 3.97. The van der Waals surface area contributed by atoms with E-state index in [0.29, 0.717) is 0 Å². The fourth-order valence-corrected chi connectivity index (χ4v) is 2.80. The van der Waals surface area contributed by atoms with Crippen molar-refractivity contribution in [3.05, 3.63) is 0 Å². The second-order valence-corrected chi connectivity index (χ2v) is 7.07. The average Bonchev–Trinajstić information content (AvgIpc) is 1.82. The molecular formula is C9H14N2S2. The second-order valence-electron chi connectivity index (χ2n) is 4.08. The molecule has 0 radical (unpaired) electrons. The van der Waals surface area contributed by atoms with Crippen molar-refractivity contribution in [2.24, 2.45) is 0 Å². The lowest BCUT2D eigenvalue weighted by Gasteiger charge is -2.29. The minimum Gasteiger partial charge on any atom is -0.185 e. The maximum atomic E-state index is 8.57. The molecule has 4 heteroatoms. The van der Waals surface area contributed by atoms with Crippen molar-refractivity contribution in [1.82, 2.24) is 0 Å². The van der Waals surface area contributed by atoms with E-state index in [0.717, 1.165) is 6.42 Å². The summed E-state index contributed by atoms with van der Waals surface area (Å²) in [5.74, 6) is 0. The lowest BCUT2D eigenvalue weighted by atomic mass is 9.99. The highest BCUT2D eigenvalue weighted by Crippen LogP contribution is 2.38. The summed E-state index contributed by atoms with van der Waals surface area (Å²) in [7, 11) is 0. The molecule has 72 valence electrons. The molecule has 0 N–H and O–H groups in total. The van der Waals surface area contributed by atoms with Crippen molar-refractivity contribution in [2.75, 3.05) is 0 Å². The summed E-state index contributed by atoms with van der Waals surface area (Å²) in [5.41, 5.74) is 0. The van der Waals surface area contributed by atoms with E-state index in [2.05, 4.69) is 10.8 Å². The van der Waals surface area contributed by atoms with Gasteiger partial charge in [0.25, 0.3) is 0 Å². The van der Waals surface area contributed by atoms with Gasteiger partial charge in [-0.1, -0.05) is 0 Å². The van der Waals surface area contributed by atoms with E-state index in [1.54, 1.807) is 0 Å². The Balaban J connectivity index is 4.27. The quantitative estimate of drug-likeness (QED) is 0.673. The molecule has 0 rings (SSSR count). The summed E-state index contributed by atoms with van der Waals surface area (Å²) in [4.78, 5) is 0. The van der Waals surface area contributed by atoms with Crippen molar-refractivity contribution < 1.29 is 0 Å². The van der Waals surface area contributed by atoms with Gasteiger partial charge in [-0.2, -0.15) is 10.5 Å². The highest BCUT2D eigenvalue weighted by molar-refractivity contribution is 8.05. The maximum absolute atomic E-state index is 8.57. The number of nitrogens with zero attached hydrogens (tertiary/aromatic N) is 2. The Morgan fingerprint density at radius 3 is 1.46 bits per heavy atom. The lowest BCUT2D eigenvalue weighted by molar-refractivity contribution is 0.544. The van der Waals surface area contributed by atoms with Crippen LogP contribution < -0.4 is 0 Å². The third kappa shape index (κ3) is 5.85. The van der Waals surface area contributed by atoms with Gasteiger partial charge < -0.3 is 0 Å². The van der Waals surface area contributed by atoms with Gasteiger partial charge >= 0.3 is 0 Å². The number of thiocyanates is 2. The van der Waals surface area contributed by atoms with Gasteiger partial charge in [-0.3, -0.25) is 0 Å². The average molecular weight is 214 g/mol. The Kier molecular flexibility index (Phi) is 4.67. The van der Waals surface area contributed by atoms with Crippen molar-refractivity contribution >= 4 is 23.5 Å². The molecule has 2 nitrogen and oxygen atoms in total. The van der Waals surface area contributed by atoms with Gasteiger partial charge in [0.05, 0.1) is 0 Å². The highest BCUT2D eigenvalue weighted by Gasteiger charge is 2.30. The monoisotopic (exact) mass is 214 g/mol. The first-order valence-corrected chi connectivity index (χ1v) is 5.60. The predicted octanol–water partition coefficient (Wildman–Crippen LogP) is 3.36. The molecule has 0 amide bonds. The van der Waals surface area contributed by atoms with Gasteiger partial charge in [0, 0.05) is 9.49 Å². The van der Waals surface area contributed by atoms with E-state index in [1.165, 1.54) is 23.5 Å². The van der Waals surface area contributed by atoms with E-state index in [9.17, 15) is 0 Å². The molecule has 0 aromatic carbocycles. The van der Waals surface area contributed by atoms with Gasteiger partial charge in [-0.25, -0.2) is 0 Å². The highest BCUT2D eigenvalue weighted by atomic mass is 32.2. The second kappa shape index (κ2) is 4.79. The van der Waals surface area contributed by atoms with E-state index in [-0.39, 0.29) is 9.49 Å². The third-order valence-corrected chi connectivity index (χ3v) is 3.07. The Bertz CT molecular complexity index is 219. The summed E-state index contributed by atoms with van der Waals surface area (Å²) in [6, 6.07) is 0. The largest absolute Gasteiger partial charge is 0.185 e. The van der Waals surface area contributed by atoms with Gasteiger partial charge in [0.2, 0.25) is 0 Å². The van der Waals surface area contributed by atoms with Crippen LogP contribution in [0.25, 0.3) is 0 Å². The number of rotatable bonds is 4. The molecule has 0 aromatic heterocycles. The zero-order valence-electron chi connectivity index (χ0n) is 8.42. The van der Waals surface area contributed by atoms with Crippen LogP contribution in [0.4, 0.5) is 0 Å². The molecule has 0 aromatic rings. The fraction of sp³-hybridized carbons (Fsp3) is 0.778. The number of hydrogen-bond donors (Lipinski definition) is 0. The summed E-state index contributed by atoms with van der Waals surface area (Å²) < 4.78 is -0.162. The summed E-state index contributed by atoms with van der Waals surface area (Å²) >= 11 is 2.54. The molecule has 0 aliphatic rings. The fourth-order valence-electron chi connectivity index (χ4n) is 1.34. The molecule has 0 aliphatic heterocycles. The molecule has 0 aliphatic carbocycles. The summed E-state index contributed by atoms with van der Waals surface area (Å²) in [6.07, 6.45) is 0.844. The van der Waals surface area contributed by atoms with Crippen LogP contribution in [0, 0.1) is 21.3 Å². The molecule has 0 atom stereocenters. The number of hydrogen-bond acceptors (Lipinski definition) is 4. The number of thioether (sulfide) groups is 2. The van der Waals surface area contributed by atoms with Crippen LogP contribution in [0.15, 0.2) is 0 Å². The molecule has 0 saturated carbocycles. The van der Waals surface area contributed by atoms with Gasteiger partial charge in [0.15, 0.2) is 0 Å². The molecule has 13 heavy (non-hydrogen) atoms. The van der Waals surface area contributed by atoms with Crippen molar-refractivity contribution in [3.63, 3.8) is 0 Å². The Hall–Kier alpha value is -0.320. The predicted molar refractivity (Wildman–Crippen MR) is 59.2 cm³/mol. The molecular weight excluding hydrogens is 200 g/mol. The molecule has 0 heterocycles. The van der Waals surface area contributed by atoms with Crippen LogP contribution >= 0.6 is 23.5 Å². The van der Waals surface area contributed by atoms with Crippen LogP contribution in [0.3, 0.4) is 0 Å². The summed E-state index contributed by atoms with van der Waals surface area (Å²) in [5, 5.41) is 21.3. The molecule has 0 spiro atoms. The van der Waals surface area contributed by atoms with Crippen LogP contribution in [-0.2, 0) is 0 Å². The minimum absolute atomic E-state index is 0.0812. The SMILES string of the molecule is CC(C)(CC(C)(C)SC#N)SC#N. The molecule has 0 unspecified atom stereocenters. The van der Waals surface area contributed by atoms with Crippen LogP contribution in [0.1, 0.15) is 34.1 Å². The van der Waals surface area contributed by atoms with Crippen LogP contribution in [-0.4, -0.2) is 9.49 Å². The van der Waals surface area contributed by atoms with E-state index >= 15 is 0 Å². The van der Waals surface area contributed by atoms with E-state index in [1.807, 2.05) is 27.7 Å². The zero-order chi connectivity index (χ0) is 10.5. The minimum atomic E-state index is -0.0813. The topological polar surface area (TPSA) is 47.6 Å². The first-order chi connectivity index (χ1) is 5.83. The summed E-state index contributed by atoms with van der Waals surface area (Å²) in [6.45, 7) is 8.11. The number of nitriles is 2. The lowest BCUT2D eigenvalue weighted by Crippen LogP contribution is -2.27. The normalized spacial score (nSPS) is 11.8. The zero-order valence-corrected chi connectivity index (χ0v) is 10.1. The van der Waals surface area contributed by atoms with Crippen molar-refractivity contribution in [1.29, 1.82) is 10.5 Å². The molecule has 0 saturated heterocycles. The molecule has 0 fully saturated rings. The Labute approximate surface area is 88.7 Å². The smallest absolute Gasteiger partial charge is 0.133 e. The van der Waals surface area contributed by atoms with Crippen LogP contribution in [0.5, 0.6) is 0 Å². The van der Waals surface area contributed by atoms with Crippen molar-refractivity contribution in [2.45, 2.75) is 43.6 Å². The Morgan fingerprint density at radius 2 is 1.23 bits per heavy atom. The Morgan fingerprint density at radius 1 is 0.923 bits per heavy atom. The van der Waals surface area contributed by atoms with Crippen LogP contribution in [0.2, 0.25) is 0 Å². The van der Waals surface area contributed by atoms with E-state index < -0.39 is 0 Å². The maximum Gasteiger partial charge on any atom is 0.133 e. The van der Waals surface area contributed by atoms with E-state index in [4.69, 9.17) is 10.5 Å². The van der Waals surface area contributed by atoms with Gasteiger partial charge in [-0.15, -0.1) is 0 Å². The van der Waals surface area contributed by atoms with Gasteiger partial charge in [0.1, 0.15) is 10.8 Å². The first kappa shape index (κ1) is 12.7. The molecule has 0 bridgehead atoms.